The molecule has 0 spiro atoms. The van der Waals surface area contributed by atoms with Crippen molar-refractivity contribution in [1.82, 2.24) is 15.1 Å². The summed E-state index contributed by atoms with van der Waals surface area (Å²) in [5.74, 6) is -1.52. The van der Waals surface area contributed by atoms with Crippen molar-refractivity contribution in [1.29, 1.82) is 0 Å². The van der Waals surface area contributed by atoms with Crippen molar-refractivity contribution < 1.29 is 19.5 Å². The lowest BCUT2D eigenvalue weighted by molar-refractivity contribution is -0.150. The predicted molar refractivity (Wildman–Crippen MR) is 73.1 cm³/mol. The van der Waals surface area contributed by atoms with Crippen LogP contribution in [-0.4, -0.2) is 71.5 Å². The summed E-state index contributed by atoms with van der Waals surface area (Å²) in [6.07, 6.45) is 0. The highest BCUT2D eigenvalue weighted by Gasteiger charge is 2.34. The fourth-order valence-electron chi connectivity index (χ4n) is 2.06. The number of likely N-dealkylation sites (tertiary alicyclic amines) is 1. The molecule has 20 heavy (non-hydrogen) atoms. The van der Waals surface area contributed by atoms with E-state index >= 15 is 0 Å². The molecule has 0 saturated carbocycles. The van der Waals surface area contributed by atoms with Gasteiger partial charge < -0.3 is 15.3 Å². The Morgan fingerprint density at radius 3 is 2.40 bits per heavy atom. The molecule has 2 amide bonds. The second kappa shape index (κ2) is 7.23. The van der Waals surface area contributed by atoms with E-state index in [2.05, 4.69) is 5.32 Å². The Morgan fingerprint density at radius 1 is 1.35 bits per heavy atom. The average molecular weight is 285 g/mol. The first-order chi connectivity index (χ1) is 9.33. The number of nitrogens with zero attached hydrogens (tertiary/aromatic N) is 2. The highest BCUT2D eigenvalue weighted by atomic mass is 16.4. The van der Waals surface area contributed by atoms with Gasteiger partial charge in [0.05, 0.1) is 19.0 Å². The lowest BCUT2D eigenvalue weighted by Gasteiger charge is -2.37. The summed E-state index contributed by atoms with van der Waals surface area (Å²) in [6, 6.07) is 0.0445. The van der Waals surface area contributed by atoms with Gasteiger partial charge in [-0.15, -0.1) is 0 Å². The van der Waals surface area contributed by atoms with Crippen LogP contribution in [0.5, 0.6) is 0 Å². The molecule has 1 aliphatic rings. The monoisotopic (exact) mass is 285 g/mol. The molecule has 1 fully saturated rings. The Balaban J connectivity index is 2.36. The highest BCUT2D eigenvalue weighted by molar-refractivity contribution is 5.86. The third-order valence-corrected chi connectivity index (χ3v) is 3.18. The lowest BCUT2D eigenvalue weighted by Crippen LogP contribution is -2.54. The van der Waals surface area contributed by atoms with Crippen molar-refractivity contribution in [2.45, 2.75) is 26.8 Å². The fourth-order valence-corrected chi connectivity index (χ4v) is 2.06. The Morgan fingerprint density at radius 2 is 1.95 bits per heavy atom. The van der Waals surface area contributed by atoms with E-state index in [1.165, 1.54) is 4.90 Å². The van der Waals surface area contributed by atoms with Crippen LogP contribution in [-0.2, 0) is 14.4 Å². The van der Waals surface area contributed by atoms with E-state index < -0.39 is 5.97 Å². The van der Waals surface area contributed by atoms with Gasteiger partial charge in [-0.25, -0.2) is 0 Å². The summed E-state index contributed by atoms with van der Waals surface area (Å²) in [7, 11) is 0. The van der Waals surface area contributed by atoms with Crippen molar-refractivity contribution in [2.24, 2.45) is 5.92 Å². The zero-order valence-corrected chi connectivity index (χ0v) is 12.3. The minimum atomic E-state index is -0.822. The zero-order chi connectivity index (χ0) is 15.3. The van der Waals surface area contributed by atoms with E-state index in [4.69, 9.17) is 5.11 Å². The van der Waals surface area contributed by atoms with E-state index in [-0.39, 0.29) is 36.9 Å². The molecule has 0 unspecified atom stereocenters. The number of carbonyl (C=O) groups excluding carboxylic acids is 2. The SMILES string of the molecule is CCN(CC(=O)NC(C)C)C(=O)CN1CC(C(=O)O)C1. The molecule has 0 aromatic rings. The van der Waals surface area contributed by atoms with Crippen LogP contribution in [0.1, 0.15) is 20.8 Å². The standard InChI is InChI=1S/C13H23N3O4/c1-4-16(7-11(17)14-9(2)3)12(18)8-15-5-10(6-15)13(19)20/h9-10H,4-8H2,1-3H3,(H,14,17)(H,19,20). The molecule has 0 atom stereocenters. The molecule has 2 N–H and O–H groups in total. The molecule has 1 heterocycles. The second-order valence-corrected chi connectivity index (χ2v) is 5.36. The van der Waals surface area contributed by atoms with Gasteiger partial charge >= 0.3 is 5.97 Å². The van der Waals surface area contributed by atoms with E-state index in [1.807, 2.05) is 20.8 Å². The summed E-state index contributed by atoms with van der Waals surface area (Å²) in [5, 5.41) is 11.5. The third-order valence-electron chi connectivity index (χ3n) is 3.18. The van der Waals surface area contributed by atoms with Crippen LogP contribution in [0.2, 0.25) is 0 Å². The number of hydrogen-bond acceptors (Lipinski definition) is 4. The van der Waals surface area contributed by atoms with Crippen LogP contribution < -0.4 is 5.32 Å². The molecule has 0 aromatic heterocycles. The van der Waals surface area contributed by atoms with Gasteiger partial charge in [0.1, 0.15) is 0 Å². The van der Waals surface area contributed by atoms with E-state index in [9.17, 15) is 14.4 Å². The van der Waals surface area contributed by atoms with Crippen LogP contribution in [0.3, 0.4) is 0 Å². The van der Waals surface area contributed by atoms with Crippen molar-refractivity contribution in [3.8, 4) is 0 Å². The van der Waals surface area contributed by atoms with Gasteiger partial charge in [0.25, 0.3) is 0 Å². The minimum absolute atomic E-state index is 0.0445. The molecule has 1 rings (SSSR count). The predicted octanol–water partition coefficient (Wildman–Crippen LogP) is -0.624. The third kappa shape index (κ3) is 4.80. The average Bonchev–Trinajstić information content (AvgIpc) is 2.28. The smallest absolute Gasteiger partial charge is 0.309 e. The molecule has 1 aliphatic heterocycles. The molecule has 0 aliphatic carbocycles. The summed E-state index contributed by atoms with van der Waals surface area (Å²) in [4.78, 5) is 37.6. The highest BCUT2D eigenvalue weighted by Crippen LogP contribution is 2.15. The van der Waals surface area contributed by atoms with Gasteiger partial charge in [-0.3, -0.25) is 19.3 Å². The van der Waals surface area contributed by atoms with Gasteiger partial charge in [-0.05, 0) is 20.8 Å². The van der Waals surface area contributed by atoms with Crippen molar-refractivity contribution in [3.63, 3.8) is 0 Å². The van der Waals surface area contributed by atoms with Crippen molar-refractivity contribution in [3.05, 3.63) is 0 Å². The summed E-state index contributed by atoms with van der Waals surface area (Å²) in [5.41, 5.74) is 0. The van der Waals surface area contributed by atoms with E-state index in [0.29, 0.717) is 19.6 Å². The van der Waals surface area contributed by atoms with Crippen LogP contribution in [0.4, 0.5) is 0 Å². The number of likely N-dealkylation sites (N-methyl/N-ethyl adjacent to an activating group) is 1. The molecule has 7 nitrogen and oxygen atoms in total. The number of hydrogen-bond donors (Lipinski definition) is 2. The van der Waals surface area contributed by atoms with Crippen LogP contribution in [0.15, 0.2) is 0 Å². The Kier molecular flexibility index (Phi) is 5.94. The number of aliphatic carboxylic acids is 1. The zero-order valence-electron chi connectivity index (χ0n) is 12.3. The Hall–Kier alpha value is -1.63. The van der Waals surface area contributed by atoms with Gasteiger partial charge in [0, 0.05) is 25.7 Å². The maximum absolute atomic E-state index is 12.0. The van der Waals surface area contributed by atoms with Gasteiger partial charge in [0.15, 0.2) is 0 Å². The Bertz CT molecular complexity index is 378. The van der Waals surface area contributed by atoms with Crippen LogP contribution in [0.25, 0.3) is 0 Å². The quantitative estimate of drug-likeness (QED) is 0.650. The molecule has 0 radical (unpaired) electrons. The minimum Gasteiger partial charge on any atom is -0.481 e. The number of amides is 2. The topological polar surface area (TPSA) is 90.0 Å². The van der Waals surface area contributed by atoms with Crippen molar-refractivity contribution >= 4 is 17.8 Å². The number of rotatable bonds is 7. The molecule has 0 bridgehead atoms. The maximum Gasteiger partial charge on any atom is 0.309 e. The largest absolute Gasteiger partial charge is 0.481 e. The normalized spacial score (nSPS) is 15.8. The molecular weight excluding hydrogens is 262 g/mol. The van der Waals surface area contributed by atoms with E-state index in [1.54, 1.807) is 4.90 Å². The number of carboxylic acid groups (broad SMARTS) is 1. The Labute approximate surface area is 118 Å². The van der Waals surface area contributed by atoms with Crippen LogP contribution in [0, 0.1) is 5.92 Å². The lowest BCUT2D eigenvalue weighted by atomic mass is 10.0. The van der Waals surface area contributed by atoms with Crippen LogP contribution >= 0.6 is 0 Å². The second-order valence-electron chi connectivity index (χ2n) is 5.36. The fraction of sp³-hybridized carbons (Fsp3) is 0.769. The van der Waals surface area contributed by atoms with Gasteiger partial charge in [-0.2, -0.15) is 0 Å². The number of carbonyl (C=O) groups is 3. The summed E-state index contributed by atoms with van der Waals surface area (Å²) in [6.45, 7) is 7.02. The first-order valence-electron chi connectivity index (χ1n) is 6.85. The maximum atomic E-state index is 12.0. The molecule has 0 aromatic carbocycles. The molecule has 114 valence electrons. The number of nitrogens with one attached hydrogen (secondary N) is 1. The molecular formula is C13H23N3O4. The van der Waals surface area contributed by atoms with Gasteiger partial charge in [0.2, 0.25) is 11.8 Å². The summed E-state index contributed by atoms with van der Waals surface area (Å²) < 4.78 is 0. The van der Waals surface area contributed by atoms with E-state index in [0.717, 1.165) is 0 Å². The van der Waals surface area contributed by atoms with Gasteiger partial charge in [-0.1, -0.05) is 0 Å². The van der Waals surface area contributed by atoms with Crippen molar-refractivity contribution in [2.75, 3.05) is 32.7 Å². The molecule has 1 saturated heterocycles. The molecule has 7 heteroatoms. The first-order valence-corrected chi connectivity index (χ1v) is 6.85. The summed E-state index contributed by atoms with van der Waals surface area (Å²) >= 11 is 0. The number of carboxylic acids is 1. The first kappa shape index (κ1) is 16.4.